The predicted octanol–water partition coefficient (Wildman–Crippen LogP) is 1.45. The maximum atomic E-state index is 12.3. The van der Waals surface area contributed by atoms with Crippen LogP contribution in [-0.4, -0.2) is 9.55 Å². The van der Waals surface area contributed by atoms with Crippen molar-refractivity contribution in [2.75, 3.05) is 5.73 Å². The summed E-state index contributed by atoms with van der Waals surface area (Å²) in [7, 11) is 0. The number of aromatic nitrogens is 2. The summed E-state index contributed by atoms with van der Waals surface area (Å²) in [5.41, 5.74) is 6.52. The highest BCUT2D eigenvalue weighted by Gasteiger charge is 2.08. The van der Waals surface area contributed by atoms with Crippen LogP contribution in [0.2, 0.25) is 0 Å². The van der Waals surface area contributed by atoms with Crippen LogP contribution in [0.15, 0.2) is 52.2 Å². The molecular weight excluding hydrogens is 274 g/mol. The van der Waals surface area contributed by atoms with Crippen molar-refractivity contribution in [2.45, 2.75) is 6.54 Å². The van der Waals surface area contributed by atoms with E-state index in [1.807, 2.05) is 6.07 Å². The lowest BCUT2D eigenvalue weighted by Gasteiger charge is -2.05. The molecule has 0 amide bonds. The van der Waals surface area contributed by atoms with E-state index in [0.717, 1.165) is 11.3 Å². The fraction of sp³-hybridized carbons (Fsp3) is 0.0714. The van der Waals surface area contributed by atoms with Crippen LogP contribution in [0.5, 0.6) is 0 Å². The van der Waals surface area contributed by atoms with E-state index in [4.69, 9.17) is 5.73 Å². The van der Waals surface area contributed by atoms with Crippen molar-refractivity contribution in [3.8, 4) is 0 Å². The first-order chi connectivity index (χ1) is 9.65. The van der Waals surface area contributed by atoms with E-state index in [0.29, 0.717) is 21.5 Å². The number of fused-ring (bicyclic) bond motifs is 1. The van der Waals surface area contributed by atoms with Gasteiger partial charge in [-0.05, 0) is 24.3 Å². The Bertz CT molecular complexity index is 899. The highest BCUT2D eigenvalue weighted by atomic mass is 32.1. The fourth-order valence-corrected chi connectivity index (χ4v) is 2.85. The van der Waals surface area contributed by atoms with Gasteiger partial charge in [-0.1, -0.05) is 23.5 Å². The smallest absolute Gasteiger partial charge is 0.310 e. The summed E-state index contributed by atoms with van der Waals surface area (Å²) in [5.74, 6) is 0. The fourth-order valence-electron chi connectivity index (χ4n) is 1.99. The van der Waals surface area contributed by atoms with Gasteiger partial charge in [-0.2, -0.15) is 0 Å². The molecule has 0 aliphatic rings. The Kier molecular flexibility index (Phi) is 3.08. The molecule has 20 heavy (non-hydrogen) atoms. The lowest BCUT2D eigenvalue weighted by atomic mass is 10.3. The normalized spacial score (nSPS) is 10.8. The SMILES string of the molecule is Nc1ccnc(Cn2c(=O)sc3ccccc3c2=O)c1. The largest absolute Gasteiger partial charge is 0.399 e. The van der Waals surface area contributed by atoms with Crippen molar-refractivity contribution in [1.82, 2.24) is 9.55 Å². The van der Waals surface area contributed by atoms with Crippen LogP contribution in [-0.2, 0) is 6.54 Å². The molecule has 2 N–H and O–H groups in total. The second-order valence-electron chi connectivity index (χ2n) is 4.34. The van der Waals surface area contributed by atoms with Gasteiger partial charge < -0.3 is 5.73 Å². The number of pyridine rings is 1. The average molecular weight is 285 g/mol. The Balaban J connectivity index is 2.17. The third-order valence-electron chi connectivity index (χ3n) is 2.94. The van der Waals surface area contributed by atoms with Crippen LogP contribution >= 0.6 is 11.3 Å². The minimum atomic E-state index is -0.298. The first-order valence-corrected chi connectivity index (χ1v) is 6.80. The third-order valence-corrected chi connectivity index (χ3v) is 3.91. The van der Waals surface area contributed by atoms with Crippen LogP contribution in [0.25, 0.3) is 10.1 Å². The Morgan fingerprint density at radius 1 is 1.20 bits per heavy atom. The number of hydrogen-bond donors (Lipinski definition) is 1. The van der Waals surface area contributed by atoms with Crippen molar-refractivity contribution in [2.24, 2.45) is 0 Å². The molecule has 0 fully saturated rings. The number of nitrogens with two attached hydrogens (primary N) is 1. The van der Waals surface area contributed by atoms with E-state index >= 15 is 0 Å². The molecule has 5 nitrogen and oxygen atoms in total. The van der Waals surface area contributed by atoms with E-state index in [1.54, 1.807) is 36.5 Å². The van der Waals surface area contributed by atoms with Gasteiger partial charge in [0, 0.05) is 16.6 Å². The maximum absolute atomic E-state index is 12.3. The summed E-state index contributed by atoms with van der Waals surface area (Å²) in [6.45, 7) is 0.129. The minimum Gasteiger partial charge on any atom is -0.399 e. The monoisotopic (exact) mass is 285 g/mol. The number of nitrogens with zero attached hydrogens (tertiary/aromatic N) is 2. The van der Waals surface area contributed by atoms with Gasteiger partial charge in [-0.15, -0.1) is 0 Å². The van der Waals surface area contributed by atoms with Gasteiger partial charge in [-0.3, -0.25) is 19.1 Å². The summed E-state index contributed by atoms with van der Waals surface area (Å²) in [5, 5.41) is 0.543. The van der Waals surface area contributed by atoms with Crippen LogP contribution in [0.1, 0.15) is 5.69 Å². The Hall–Kier alpha value is -2.47. The summed E-state index contributed by atoms with van der Waals surface area (Å²) >= 11 is 1.05. The standard InChI is InChI=1S/C14H11N3O2S/c15-9-5-6-16-10(7-9)8-17-13(18)11-3-1-2-4-12(11)20-14(17)19/h1-7H,8H2,(H2,15,16). The molecule has 2 aromatic heterocycles. The molecule has 0 unspecified atom stereocenters. The van der Waals surface area contributed by atoms with E-state index in [-0.39, 0.29) is 17.0 Å². The van der Waals surface area contributed by atoms with E-state index < -0.39 is 0 Å². The zero-order valence-corrected chi connectivity index (χ0v) is 11.3. The van der Waals surface area contributed by atoms with Crippen molar-refractivity contribution >= 4 is 27.1 Å². The zero-order valence-electron chi connectivity index (χ0n) is 10.4. The van der Waals surface area contributed by atoms with Crippen LogP contribution < -0.4 is 16.2 Å². The molecule has 2 heterocycles. The van der Waals surface area contributed by atoms with Gasteiger partial charge in [0.2, 0.25) is 0 Å². The Labute approximate surface area is 117 Å². The predicted molar refractivity (Wildman–Crippen MR) is 80.1 cm³/mol. The van der Waals surface area contributed by atoms with Crippen molar-refractivity contribution in [1.29, 1.82) is 0 Å². The van der Waals surface area contributed by atoms with Crippen molar-refractivity contribution in [3.63, 3.8) is 0 Å². The molecule has 3 aromatic rings. The lowest BCUT2D eigenvalue weighted by molar-refractivity contribution is 0.733. The lowest BCUT2D eigenvalue weighted by Crippen LogP contribution is -2.31. The molecule has 100 valence electrons. The molecule has 6 heteroatoms. The second-order valence-corrected chi connectivity index (χ2v) is 5.33. The number of nitrogen functional groups attached to an aromatic ring is 1. The topological polar surface area (TPSA) is 78.0 Å². The quantitative estimate of drug-likeness (QED) is 0.773. The highest BCUT2D eigenvalue weighted by Crippen LogP contribution is 2.11. The minimum absolute atomic E-state index is 0.129. The molecule has 0 bridgehead atoms. The van der Waals surface area contributed by atoms with Crippen LogP contribution in [0.3, 0.4) is 0 Å². The van der Waals surface area contributed by atoms with Crippen molar-refractivity contribution < 1.29 is 0 Å². The second kappa shape index (κ2) is 4.90. The van der Waals surface area contributed by atoms with E-state index in [1.165, 1.54) is 4.57 Å². The molecule has 0 atom stereocenters. The molecule has 0 aliphatic heterocycles. The number of benzene rings is 1. The summed E-state index contributed by atoms with van der Waals surface area (Å²) in [6, 6.07) is 10.4. The van der Waals surface area contributed by atoms with Gasteiger partial charge in [0.15, 0.2) is 0 Å². The third kappa shape index (κ3) is 2.21. The van der Waals surface area contributed by atoms with Crippen LogP contribution in [0.4, 0.5) is 5.69 Å². The Morgan fingerprint density at radius 2 is 2.00 bits per heavy atom. The van der Waals surface area contributed by atoms with E-state index in [2.05, 4.69) is 4.98 Å². The molecule has 0 radical (unpaired) electrons. The molecule has 1 aromatic carbocycles. The zero-order chi connectivity index (χ0) is 14.1. The van der Waals surface area contributed by atoms with Gasteiger partial charge in [0.05, 0.1) is 17.6 Å². The van der Waals surface area contributed by atoms with Gasteiger partial charge in [-0.25, -0.2) is 0 Å². The number of hydrogen-bond acceptors (Lipinski definition) is 5. The van der Waals surface area contributed by atoms with Gasteiger partial charge in [0.25, 0.3) is 5.56 Å². The van der Waals surface area contributed by atoms with Crippen molar-refractivity contribution in [3.05, 3.63) is 68.3 Å². The molecule has 3 rings (SSSR count). The Morgan fingerprint density at radius 3 is 2.80 bits per heavy atom. The average Bonchev–Trinajstić information content (AvgIpc) is 2.43. The van der Waals surface area contributed by atoms with Gasteiger partial charge >= 0.3 is 4.87 Å². The van der Waals surface area contributed by atoms with Crippen LogP contribution in [0, 0.1) is 0 Å². The number of anilines is 1. The first-order valence-electron chi connectivity index (χ1n) is 5.98. The molecular formula is C14H11N3O2S. The summed E-state index contributed by atoms with van der Waals surface area (Å²) < 4.78 is 1.88. The summed E-state index contributed by atoms with van der Waals surface area (Å²) in [4.78, 5) is 28.2. The maximum Gasteiger partial charge on any atom is 0.310 e. The highest BCUT2D eigenvalue weighted by molar-refractivity contribution is 7.16. The molecule has 0 spiro atoms. The molecule has 0 saturated carbocycles. The summed E-state index contributed by atoms with van der Waals surface area (Å²) in [6.07, 6.45) is 1.56. The van der Waals surface area contributed by atoms with E-state index in [9.17, 15) is 9.59 Å². The first kappa shape index (κ1) is 12.6. The van der Waals surface area contributed by atoms with Gasteiger partial charge in [0.1, 0.15) is 0 Å². The molecule has 0 saturated heterocycles. The molecule has 0 aliphatic carbocycles. The number of rotatable bonds is 2.